The molecule has 2 rings (SSSR count). The highest BCUT2D eigenvalue weighted by atomic mass is 28.3. The fourth-order valence-corrected chi connectivity index (χ4v) is 6.51. The minimum atomic E-state index is -1.60. The third-order valence-corrected chi connectivity index (χ3v) is 10.0. The van der Waals surface area contributed by atoms with Gasteiger partial charge in [-0.3, -0.25) is 4.79 Å². The molecule has 0 aliphatic carbocycles. The van der Waals surface area contributed by atoms with E-state index in [2.05, 4.69) is 110 Å². The van der Waals surface area contributed by atoms with E-state index in [1.807, 2.05) is 6.92 Å². The van der Waals surface area contributed by atoms with Gasteiger partial charge in [0.05, 0.1) is 8.07 Å². The number of hydrogen-bond acceptors (Lipinski definition) is 3. The molecule has 0 unspecified atom stereocenters. The molecule has 2 aromatic carbocycles. The topological polar surface area (TPSA) is 29.5 Å². The largest absolute Gasteiger partial charge is 0.426 e. The fourth-order valence-electron chi connectivity index (χ4n) is 4.24. The second-order valence-electron chi connectivity index (χ2n) is 12.6. The molecule has 0 aliphatic heterocycles. The van der Waals surface area contributed by atoms with E-state index in [1.54, 1.807) is 0 Å². The number of benzene rings is 2. The molecule has 2 aromatic rings. The predicted molar refractivity (Wildman–Crippen MR) is 151 cm³/mol. The van der Waals surface area contributed by atoms with Crippen LogP contribution in [0.15, 0.2) is 36.4 Å². The van der Waals surface area contributed by atoms with Gasteiger partial charge in [0.25, 0.3) is 0 Å². The Morgan fingerprint density at radius 1 is 0.912 bits per heavy atom. The summed E-state index contributed by atoms with van der Waals surface area (Å²) in [5.41, 5.74) is 4.62. The minimum Gasteiger partial charge on any atom is -0.426 e. The highest BCUT2D eigenvalue weighted by Crippen LogP contribution is 2.41. The van der Waals surface area contributed by atoms with Crippen LogP contribution in [0.5, 0.6) is 5.75 Å². The zero-order valence-electron chi connectivity index (χ0n) is 23.6. The van der Waals surface area contributed by atoms with Crippen molar-refractivity contribution in [3.8, 4) is 5.75 Å². The van der Waals surface area contributed by atoms with Gasteiger partial charge < -0.3 is 9.64 Å². The van der Waals surface area contributed by atoms with Gasteiger partial charge in [0.2, 0.25) is 0 Å². The molecule has 0 saturated carbocycles. The molecule has 0 amide bonds. The summed E-state index contributed by atoms with van der Waals surface area (Å²) in [5.74, 6) is 0.638. The van der Waals surface area contributed by atoms with Crippen molar-refractivity contribution < 1.29 is 9.53 Å². The average Bonchev–Trinajstić information content (AvgIpc) is 2.71. The Bertz CT molecular complexity index is 941. The van der Waals surface area contributed by atoms with Crippen molar-refractivity contribution in [1.82, 2.24) is 0 Å². The Balaban J connectivity index is 2.44. The Morgan fingerprint density at radius 3 is 1.82 bits per heavy atom. The first-order valence-electron chi connectivity index (χ1n) is 12.7. The minimum absolute atomic E-state index is 0.118. The van der Waals surface area contributed by atoms with Gasteiger partial charge in [-0.1, -0.05) is 91.0 Å². The van der Waals surface area contributed by atoms with Gasteiger partial charge in [0.15, 0.2) is 0 Å². The van der Waals surface area contributed by atoms with Crippen molar-refractivity contribution in [3.05, 3.63) is 53.1 Å². The molecular formula is C30H47NO2Si. The van der Waals surface area contributed by atoms with Crippen molar-refractivity contribution in [2.75, 3.05) is 19.0 Å². The molecule has 0 aromatic heterocycles. The zero-order chi connectivity index (χ0) is 25.9. The summed E-state index contributed by atoms with van der Waals surface area (Å²) >= 11 is 0. The maximum atomic E-state index is 12.5. The van der Waals surface area contributed by atoms with Crippen LogP contribution >= 0.6 is 0 Å². The quantitative estimate of drug-likeness (QED) is 0.227. The Kier molecular flexibility index (Phi) is 8.85. The van der Waals surface area contributed by atoms with E-state index in [9.17, 15) is 4.79 Å². The van der Waals surface area contributed by atoms with Crippen molar-refractivity contribution in [2.24, 2.45) is 0 Å². The standard InChI is InChI=1S/C30H47NO2Si/c1-12-13-27(32)33-28-25(29(2,3)4)20-22(21-26(28)30(5,6)7)18-19-34(10,11)24-16-14-23(15-17-24)31(8)9/h14-17,20-21H,12-13,18-19H2,1-11H3. The first-order valence-corrected chi connectivity index (χ1v) is 15.9. The molecule has 0 heterocycles. The summed E-state index contributed by atoms with van der Waals surface area (Å²) in [6, 6.07) is 14.9. The number of anilines is 1. The van der Waals surface area contributed by atoms with E-state index < -0.39 is 8.07 Å². The molecule has 0 spiro atoms. The highest BCUT2D eigenvalue weighted by molar-refractivity contribution is 6.89. The number of ether oxygens (including phenoxy) is 1. The maximum Gasteiger partial charge on any atom is 0.311 e. The number of carbonyl (C=O) groups excluding carboxylic acids is 1. The first-order chi connectivity index (χ1) is 15.6. The molecule has 0 fully saturated rings. The molecule has 3 nitrogen and oxygen atoms in total. The van der Waals surface area contributed by atoms with Crippen molar-refractivity contribution in [1.29, 1.82) is 0 Å². The van der Waals surface area contributed by atoms with Gasteiger partial charge in [0.1, 0.15) is 5.75 Å². The first kappa shape index (κ1) is 28.2. The van der Waals surface area contributed by atoms with E-state index in [0.717, 1.165) is 29.7 Å². The van der Waals surface area contributed by atoms with Crippen LogP contribution < -0.4 is 14.8 Å². The molecule has 0 saturated heterocycles. The lowest BCUT2D eigenvalue weighted by Crippen LogP contribution is -2.41. The summed E-state index contributed by atoms with van der Waals surface area (Å²) in [7, 11) is 2.57. The third-order valence-electron chi connectivity index (χ3n) is 6.64. The summed E-state index contributed by atoms with van der Waals surface area (Å²) in [5, 5.41) is 1.50. The van der Waals surface area contributed by atoms with E-state index in [1.165, 1.54) is 22.5 Å². The number of nitrogens with zero attached hydrogens (tertiary/aromatic N) is 1. The Labute approximate surface area is 209 Å². The second kappa shape index (κ2) is 10.7. The molecule has 0 radical (unpaired) electrons. The van der Waals surface area contributed by atoms with Gasteiger partial charge in [-0.05, 0) is 47.4 Å². The Hall–Kier alpha value is -2.07. The third kappa shape index (κ3) is 7.21. The lowest BCUT2D eigenvalue weighted by atomic mass is 9.78. The van der Waals surface area contributed by atoms with Crippen LogP contribution in [0.25, 0.3) is 0 Å². The van der Waals surface area contributed by atoms with Gasteiger partial charge in [-0.15, -0.1) is 0 Å². The summed E-state index contributed by atoms with van der Waals surface area (Å²) in [4.78, 5) is 14.7. The fraction of sp³-hybridized carbons (Fsp3) is 0.567. The average molecular weight is 482 g/mol. The van der Waals surface area contributed by atoms with Crippen molar-refractivity contribution in [3.63, 3.8) is 0 Å². The smallest absolute Gasteiger partial charge is 0.311 e. The summed E-state index contributed by atoms with van der Waals surface area (Å²) in [6.07, 6.45) is 2.27. The number of hydrogen-bond donors (Lipinski definition) is 0. The number of aryl methyl sites for hydroxylation is 1. The second-order valence-corrected chi connectivity index (χ2v) is 17.4. The van der Waals surface area contributed by atoms with Crippen LogP contribution in [0, 0.1) is 0 Å². The van der Waals surface area contributed by atoms with Gasteiger partial charge in [-0.25, -0.2) is 0 Å². The Morgan fingerprint density at radius 2 is 1.41 bits per heavy atom. The SMILES string of the molecule is CCCC(=O)Oc1c(C(C)(C)C)cc(CC[Si](C)(C)c2ccc(N(C)C)cc2)cc1C(C)(C)C. The van der Waals surface area contributed by atoms with Crippen molar-refractivity contribution >= 4 is 24.9 Å². The molecular weight excluding hydrogens is 434 g/mol. The normalized spacial score (nSPS) is 12.6. The molecule has 0 bridgehead atoms. The molecule has 34 heavy (non-hydrogen) atoms. The van der Waals surface area contributed by atoms with E-state index in [0.29, 0.717) is 6.42 Å². The zero-order valence-corrected chi connectivity index (χ0v) is 24.6. The molecule has 0 N–H and O–H groups in total. The van der Waals surface area contributed by atoms with E-state index >= 15 is 0 Å². The lowest BCUT2D eigenvalue weighted by molar-refractivity contribution is -0.134. The van der Waals surface area contributed by atoms with E-state index in [4.69, 9.17) is 4.74 Å². The van der Waals surface area contributed by atoms with Gasteiger partial charge in [-0.2, -0.15) is 0 Å². The predicted octanol–water partition coefficient (Wildman–Crippen LogP) is 7.21. The van der Waals surface area contributed by atoms with Gasteiger partial charge in [0, 0.05) is 37.3 Å². The molecule has 4 heteroatoms. The van der Waals surface area contributed by atoms with Crippen LogP contribution in [0.2, 0.25) is 19.1 Å². The summed E-state index contributed by atoms with van der Waals surface area (Å²) in [6.45, 7) is 20.2. The van der Waals surface area contributed by atoms with E-state index in [-0.39, 0.29) is 16.8 Å². The van der Waals surface area contributed by atoms with Crippen LogP contribution in [0.4, 0.5) is 5.69 Å². The maximum absolute atomic E-state index is 12.5. The number of carbonyl (C=O) groups is 1. The summed E-state index contributed by atoms with van der Waals surface area (Å²) < 4.78 is 6.04. The van der Waals surface area contributed by atoms with Crippen LogP contribution in [-0.2, 0) is 22.0 Å². The monoisotopic (exact) mass is 481 g/mol. The van der Waals surface area contributed by atoms with Crippen LogP contribution in [-0.4, -0.2) is 28.1 Å². The molecule has 0 atom stereocenters. The molecule has 0 aliphatic rings. The lowest BCUT2D eigenvalue weighted by Gasteiger charge is -2.31. The number of esters is 1. The molecule has 188 valence electrons. The number of rotatable bonds is 8. The van der Waals surface area contributed by atoms with Crippen LogP contribution in [0.1, 0.15) is 78.0 Å². The van der Waals surface area contributed by atoms with Gasteiger partial charge >= 0.3 is 5.97 Å². The highest BCUT2D eigenvalue weighted by Gasteiger charge is 2.30. The van der Waals surface area contributed by atoms with Crippen molar-refractivity contribution in [2.45, 2.75) is 97.7 Å². The van der Waals surface area contributed by atoms with Crippen LogP contribution in [0.3, 0.4) is 0 Å².